The zero-order chi connectivity index (χ0) is 13.0. The fourth-order valence-corrected chi connectivity index (χ4v) is 1.30. The van der Waals surface area contributed by atoms with Crippen LogP contribution in [0.25, 0.3) is 0 Å². The van der Waals surface area contributed by atoms with Crippen LogP contribution in [-0.2, 0) is 9.53 Å². The zero-order valence-corrected chi connectivity index (χ0v) is 9.93. The Morgan fingerprint density at radius 1 is 1.53 bits per heavy atom. The van der Waals surface area contributed by atoms with Crippen molar-refractivity contribution in [2.24, 2.45) is 0 Å². The van der Waals surface area contributed by atoms with Crippen molar-refractivity contribution in [3.63, 3.8) is 0 Å². The molecule has 0 saturated carbocycles. The van der Waals surface area contributed by atoms with E-state index < -0.39 is 17.0 Å². The number of hydrogen-bond acceptors (Lipinski definition) is 5. The van der Waals surface area contributed by atoms with Crippen molar-refractivity contribution in [1.29, 1.82) is 0 Å². The molecule has 1 aromatic carbocycles. The van der Waals surface area contributed by atoms with E-state index in [2.05, 4.69) is 4.74 Å². The molecule has 0 aliphatic rings. The number of nitro groups is 1. The predicted octanol–water partition coefficient (Wildman–Crippen LogP) is 2.19. The molecule has 0 bridgehead atoms. The number of hydrogen-bond donors (Lipinski definition) is 0. The van der Waals surface area contributed by atoms with Gasteiger partial charge in [0.2, 0.25) is 0 Å². The van der Waals surface area contributed by atoms with E-state index in [1.54, 1.807) is 0 Å². The zero-order valence-electron chi connectivity index (χ0n) is 9.18. The van der Waals surface area contributed by atoms with Crippen LogP contribution in [0.5, 0.6) is 5.75 Å². The van der Waals surface area contributed by atoms with Gasteiger partial charge in [-0.1, -0.05) is 11.6 Å². The van der Waals surface area contributed by atoms with E-state index in [9.17, 15) is 14.9 Å². The maximum Gasteiger partial charge on any atom is 0.346 e. The molecule has 6 nitrogen and oxygen atoms in total. The Bertz CT molecular complexity index is 448. The minimum Gasteiger partial charge on any atom is -0.472 e. The Morgan fingerprint density at radius 2 is 2.18 bits per heavy atom. The molecule has 0 radical (unpaired) electrons. The third kappa shape index (κ3) is 3.32. The lowest BCUT2D eigenvalue weighted by atomic mass is 10.3. The molecule has 92 valence electrons. The van der Waals surface area contributed by atoms with Gasteiger partial charge in [0.15, 0.2) is 11.9 Å². The van der Waals surface area contributed by atoms with Gasteiger partial charge in [0.1, 0.15) is 0 Å². The highest BCUT2D eigenvalue weighted by atomic mass is 35.5. The van der Waals surface area contributed by atoms with Crippen LogP contribution < -0.4 is 4.74 Å². The highest BCUT2D eigenvalue weighted by Crippen LogP contribution is 2.30. The summed E-state index contributed by atoms with van der Waals surface area (Å²) in [5.41, 5.74) is -0.298. The second-order valence-electron chi connectivity index (χ2n) is 3.15. The minimum atomic E-state index is -0.931. The molecule has 0 fully saturated rings. The number of methoxy groups -OCH3 is 1. The van der Waals surface area contributed by atoms with Crippen molar-refractivity contribution in [2.45, 2.75) is 13.0 Å². The third-order valence-corrected chi connectivity index (χ3v) is 2.19. The molecule has 7 heteroatoms. The molecule has 17 heavy (non-hydrogen) atoms. The van der Waals surface area contributed by atoms with Crippen LogP contribution in [0.2, 0.25) is 5.02 Å². The average molecular weight is 260 g/mol. The summed E-state index contributed by atoms with van der Waals surface area (Å²) >= 11 is 5.64. The molecular weight excluding hydrogens is 250 g/mol. The van der Waals surface area contributed by atoms with Gasteiger partial charge in [0.25, 0.3) is 0 Å². The SMILES string of the molecule is COC(=O)C(C)Oc1ccc(Cl)cc1[N+](=O)[O-]. The molecule has 1 unspecified atom stereocenters. The smallest absolute Gasteiger partial charge is 0.346 e. The van der Waals surface area contributed by atoms with Crippen LogP contribution >= 0.6 is 11.6 Å². The van der Waals surface area contributed by atoms with Gasteiger partial charge in [-0.15, -0.1) is 0 Å². The van der Waals surface area contributed by atoms with Crippen LogP contribution in [0.4, 0.5) is 5.69 Å². The van der Waals surface area contributed by atoms with Gasteiger partial charge in [-0.05, 0) is 19.1 Å². The van der Waals surface area contributed by atoms with Crippen LogP contribution in [0.1, 0.15) is 6.92 Å². The molecular formula is C10H10ClNO5. The summed E-state index contributed by atoms with van der Waals surface area (Å²) in [7, 11) is 1.21. The first-order chi connectivity index (χ1) is 7.95. The number of halogens is 1. The number of nitro benzene ring substituents is 1. The standard InChI is InChI=1S/C10H10ClNO5/c1-6(10(13)16-2)17-9-4-3-7(11)5-8(9)12(14)15/h3-6H,1-2H3. The molecule has 0 aliphatic carbocycles. The first kappa shape index (κ1) is 13.2. The van der Waals surface area contributed by atoms with Crippen molar-refractivity contribution in [1.82, 2.24) is 0 Å². The van der Waals surface area contributed by atoms with E-state index in [0.29, 0.717) is 0 Å². The Hall–Kier alpha value is -1.82. The second-order valence-corrected chi connectivity index (χ2v) is 3.59. The van der Waals surface area contributed by atoms with E-state index in [1.165, 1.54) is 26.2 Å². The maximum atomic E-state index is 11.1. The van der Waals surface area contributed by atoms with Crippen molar-refractivity contribution >= 4 is 23.3 Å². The lowest BCUT2D eigenvalue weighted by Gasteiger charge is -2.12. The quantitative estimate of drug-likeness (QED) is 0.470. The summed E-state index contributed by atoms with van der Waals surface area (Å²) in [6.45, 7) is 1.43. The maximum absolute atomic E-state index is 11.1. The second kappa shape index (κ2) is 5.49. The number of carbonyl (C=O) groups excluding carboxylic acids is 1. The molecule has 1 atom stereocenters. The summed E-state index contributed by atoms with van der Waals surface area (Å²) in [5, 5.41) is 11.0. The molecule has 0 aromatic heterocycles. The number of carbonyl (C=O) groups is 1. The number of esters is 1. The Balaban J connectivity index is 2.98. The number of rotatable bonds is 4. The lowest BCUT2D eigenvalue weighted by Crippen LogP contribution is -2.25. The fourth-order valence-electron chi connectivity index (χ4n) is 1.14. The van der Waals surface area contributed by atoms with Gasteiger partial charge >= 0.3 is 11.7 Å². The van der Waals surface area contributed by atoms with Crippen LogP contribution in [-0.4, -0.2) is 24.1 Å². The highest BCUT2D eigenvalue weighted by Gasteiger charge is 2.21. The Morgan fingerprint density at radius 3 is 2.71 bits per heavy atom. The van der Waals surface area contributed by atoms with Gasteiger partial charge in [0.05, 0.1) is 12.0 Å². The summed E-state index contributed by atoms with van der Waals surface area (Å²) in [6, 6.07) is 3.93. The Labute approximate surface area is 102 Å². The lowest BCUT2D eigenvalue weighted by molar-refractivity contribution is -0.386. The molecule has 1 aromatic rings. The summed E-state index contributed by atoms with van der Waals surface area (Å²) in [5.74, 6) is -0.647. The number of ether oxygens (including phenoxy) is 2. The number of benzene rings is 1. The van der Waals surface area contributed by atoms with E-state index >= 15 is 0 Å². The fraction of sp³-hybridized carbons (Fsp3) is 0.300. The van der Waals surface area contributed by atoms with Gasteiger partial charge in [-0.3, -0.25) is 10.1 Å². The predicted molar refractivity (Wildman–Crippen MR) is 60.2 cm³/mol. The van der Waals surface area contributed by atoms with E-state index in [1.807, 2.05) is 0 Å². The molecule has 1 rings (SSSR count). The van der Waals surface area contributed by atoms with Crippen molar-refractivity contribution in [2.75, 3.05) is 7.11 Å². The molecule has 0 saturated heterocycles. The van der Waals surface area contributed by atoms with Gasteiger partial charge < -0.3 is 9.47 Å². The largest absolute Gasteiger partial charge is 0.472 e. The monoisotopic (exact) mass is 259 g/mol. The van der Waals surface area contributed by atoms with Crippen molar-refractivity contribution < 1.29 is 19.2 Å². The molecule has 0 heterocycles. The van der Waals surface area contributed by atoms with Gasteiger partial charge in [0, 0.05) is 11.1 Å². The van der Waals surface area contributed by atoms with E-state index in [4.69, 9.17) is 16.3 Å². The topological polar surface area (TPSA) is 78.7 Å². The molecule has 0 N–H and O–H groups in total. The van der Waals surface area contributed by atoms with Gasteiger partial charge in [-0.25, -0.2) is 4.79 Å². The minimum absolute atomic E-state index is 0.0303. The number of nitrogens with zero attached hydrogens (tertiary/aromatic N) is 1. The van der Waals surface area contributed by atoms with Crippen molar-refractivity contribution in [3.05, 3.63) is 33.3 Å². The van der Waals surface area contributed by atoms with Crippen LogP contribution in [0.15, 0.2) is 18.2 Å². The summed E-state index contributed by atoms with van der Waals surface area (Å²) in [6.07, 6.45) is -0.931. The molecule has 0 aliphatic heterocycles. The first-order valence-electron chi connectivity index (χ1n) is 4.64. The molecule has 0 amide bonds. The summed E-state index contributed by atoms with van der Waals surface area (Å²) in [4.78, 5) is 21.2. The highest BCUT2D eigenvalue weighted by molar-refractivity contribution is 6.30. The van der Waals surface area contributed by atoms with Gasteiger partial charge in [-0.2, -0.15) is 0 Å². The third-order valence-electron chi connectivity index (χ3n) is 1.95. The Kier molecular flexibility index (Phi) is 4.28. The average Bonchev–Trinajstić information content (AvgIpc) is 2.29. The molecule has 0 spiro atoms. The first-order valence-corrected chi connectivity index (χ1v) is 5.02. The van der Waals surface area contributed by atoms with E-state index in [0.717, 1.165) is 6.07 Å². The van der Waals surface area contributed by atoms with E-state index in [-0.39, 0.29) is 16.5 Å². The van der Waals surface area contributed by atoms with Crippen LogP contribution in [0.3, 0.4) is 0 Å². The van der Waals surface area contributed by atoms with Crippen LogP contribution in [0, 0.1) is 10.1 Å². The summed E-state index contributed by atoms with van der Waals surface area (Å²) < 4.78 is 9.59. The van der Waals surface area contributed by atoms with Crippen molar-refractivity contribution in [3.8, 4) is 5.75 Å². The normalized spacial score (nSPS) is 11.7.